The molecule has 40 heavy (non-hydrogen) atoms. The van der Waals surface area contributed by atoms with Gasteiger partial charge in [-0.3, -0.25) is 0 Å². The van der Waals surface area contributed by atoms with Crippen molar-refractivity contribution in [1.82, 2.24) is 0 Å². The van der Waals surface area contributed by atoms with Crippen molar-refractivity contribution in [2.45, 2.75) is 43.7 Å². The first kappa shape index (κ1) is 30.6. The van der Waals surface area contributed by atoms with Gasteiger partial charge in [-0.15, -0.1) is 0 Å². The zero-order valence-electron chi connectivity index (χ0n) is 23.5. The Morgan fingerprint density at radius 2 is 1.07 bits per heavy atom. The van der Waals surface area contributed by atoms with Crippen LogP contribution in [0.4, 0.5) is 0 Å². The summed E-state index contributed by atoms with van der Waals surface area (Å²) in [6.07, 6.45) is 6.08. The van der Waals surface area contributed by atoms with Gasteiger partial charge < -0.3 is 24.8 Å². The molecule has 0 radical (unpaired) electrons. The minimum atomic E-state index is -2.71. The summed E-state index contributed by atoms with van der Waals surface area (Å²) in [6.45, 7) is 7.13. The molecule has 2 aliphatic carbocycles. The molecule has 0 heterocycles. The van der Waals surface area contributed by atoms with Gasteiger partial charge in [-0.05, 0) is 0 Å². The molecule has 0 spiro atoms. The van der Waals surface area contributed by atoms with Crippen LogP contribution in [0, 0.1) is 5.92 Å². The van der Waals surface area contributed by atoms with Crippen LogP contribution in [0.25, 0.3) is 11.1 Å². The Morgan fingerprint density at radius 1 is 0.600 bits per heavy atom. The Bertz CT molecular complexity index is 1480. The molecule has 2 aliphatic rings. The number of halogens is 2. The fourth-order valence-corrected chi connectivity index (χ4v) is 17.4. The van der Waals surface area contributed by atoms with Gasteiger partial charge in [-0.1, -0.05) is 0 Å². The number of benzene rings is 4. The predicted octanol–water partition coefficient (Wildman–Crippen LogP) is 3.69. The largest absolute Gasteiger partial charge is 1.00 e. The number of hydrogen-bond donors (Lipinski definition) is 0. The summed E-state index contributed by atoms with van der Waals surface area (Å²) in [5, 5.41) is 0. The maximum atomic E-state index is 2.65. The molecule has 202 valence electrons. The second-order valence-electron chi connectivity index (χ2n) is 10.4. The first-order valence-electron chi connectivity index (χ1n) is 14.2. The number of rotatable bonds is 7. The smallest absolute Gasteiger partial charge is 1.00 e. The first-order valence-corrected chi connectivity index (χ1v) is 18.1. The fourth-order valence-electron chi connectivity index (χ4n) is 6.84. The van der Waals surface area contributed by atoms with Gasteiger partial charge in [0.25, 0.3) is 0 Å². The molecular formula is C37H36Cl2Zr. The van der Waals surface area contributed by atoms with E-state index in [1.54, 1.807) is 25.5 Å². The van der Waals surface area contributed by atoms with Crippen molar-refractivity contribution < 1.29 is 46.1 Å². The number of hydrogen-bond acceptors (Lipinski definition) is 0. The van der Waals surface area contributed by atoms with E-state index < -0.39 is 21.3 Å². The number of allylic oxidation sites excluding steroid dienone is 4. The summed E-state index contributed by atoms with van der Waals surface area (Å²) >= 11 is -2.71. The van der Waals surface area contributed by atoms with E-state index in [-0.39, 0.29) is 24.8 Å². The molecule has 0 saturated heterocycles. The average Bonchev–Trinajstić information content (AvgIpc) is 3.52. The van der Waals surface area contributed by atoms with Gasteiger partial charge in [0.2, 0.25) is 0 Å². The second-order valence-corrected chi connectivity index (χ2v) is 16.4. The Labute approximate surface area is 260 Å². The number of fused-ring (bicyclic) bond motifs is 3. The summed E-state index contributed by atoms with van der Waals surface area (Å²) in [5.41, 5.74) is 12.1. The monoisotopic (exact) mass is 640 g/mol. The second kappa shape index (κ2) is 13.6. The molecule has 0 bridgehead atoms. The standard InChI is InChI=1S/C13H9.C13H10.C11H17.2ClH.Zr/c1-3-7-12-10(5-1)9-11-6-2-4-8-13(11)12;1-3-7-12(8-4-1)11-13-9-5-2-6-10-13;1-4-9-7-10(5-2)11(6-3)8-9;;;/h1-9H;1-10H;7,9H,4-6H2,1-3H3;2*1H;/q;;;;;+2/p-2. The molecule has 3 heteroatoms. The predicted molar refractivity (Wildman–Crippen MR) is 159 cm³/mol. The van der Waals surface area contributed by atoms with Crippen molar-refractivity contribution in [1.29, 1.82) is 0 Å². The Balaban J connectivity index is 0.00000185. The van der Waals surface area contributed by atoms with Crippen molar-refractivity contribution >= 4 is 3.21 Å². The van der Waals surface area contributed by atoms with Crippen LogP contribution >= 0.6 is 0 Å². The molecule has 0 N–H and O–H groups in total. The van der Waals surface area contributed by atoms with Crippen LogP contribution in [0.3, 0.4) is 0 Å². The molecule has 6 rings (SSSR count). The molecule has 1 unspecified atom stereocenters. The summed E-state index contributed by atoms with van der Waals surface area (Å²) in [6, 6.07) is 41.3. The third-order valence-electron chi connectivity index (χ3n) is 8.47. The summed E-state index contributed by atoms with van der Waals surface area (Å²) in [7, 11) is 0. The van der Waals surface area contributed by atoms with Crippen molar-refractivity contribution in [2.24, 2.45) is 5.92 Å². The Kier molecular flexibility index (Phi) is 10.4. The van der Waals surface area contributed by atoms with Gasteiger partial charge in [-0.2, -0.15) is 0 Å². The quantitative estimate of drug-likeness (QED) is 0.289. The van der Waals surface area contributed by atoms with E-state index in [2.05, 4.69) is 136 Å². The molecule has 0 fully saturated rings. The minimum absolute atomic E-state index is 0. The van der Waals surface area contributed by atoms with Crippen LogP contribution in [-0.2, 0) is 21.3 Å². The summed E-state index contributed by atoms with van der Waals surface area (Å²) < 4.78 is 3.96. The average molecular weight is 643 g/mol. The van der Waals surface area contributed by atoms with E-state index in [9.17, 15) is 0 Å². The first-order chi connectivity index (χ1) is 18.8. The van der Waals surface area contributed by atoms with Crippen molar-refractivity contribution in [2.75, 3.05) is 0 Å². The normalized spacial score (nSPS) is 15.2. The third-order valence-corrected chi connectivity index (χ3v) is 17.2. The van der Waals surface area contributed by atoms with Gasteiger partial charge in [-0.25, -0.2) is 0 Å². The van der Waals surface area contributed by atoms with Crippen LogP contribution in [0.5, 0.6) is 0 Å². The zero-order valence-corrected chi connectivity index (χ0v) is 27.5. The molecule has 0 aromatic heterocycles. The molecule has 0 aliphatic heterocycles. The van der Waals surface area contributed by atoms with Gasteiger partial charge in [0.1, 0.15) is 0 Å². The van der Waals surface area contributed by atoms with Crippen molar-refractivity contribution in [3.05, 3.63) is 152 Å². The minimum Gasteiger partial charge on any atom is -1.00 e. The molecule has 1 atom stereocenters. The van der Waals surface area contributed by atoms with Gasteiger partial charge >= 0.3 is 237 Å². The van der Waals surface area contributed by atoms with E-state index in [1.165, 1.54) is 28.7 Å². The zero-order chi connectivity index (χ0) is 26.1. The summed E-state index contributed by atoms with van der Waals surface area (Å²) in [4.78, 5) is 0. The molecule has 0 saturated carbocycles. The van der Waals surface area contributed by atoms with Crippen LogP contribution in [0.2, 0.25) is 0 Å². The van der Waals surface area contributed by atoms with Crippen molar-refractivity contribution in [3.8, 4) is 11.1 Å². The van der Waals surface area contributed by atoms with E-state index in [4.69, 9.17) is 0 Å². The van der Waals surface area contributed by atoms with E-state index >= 15 is 0 Å². The van der Waals surface area contributed by atoms with Gasteiger partial charge in [0.15, 0.2) is 0 Å². The third kappa shape index (κ3) is 5.34. The van der Waals surface area contributed by atoms with E-state index in [0.717, 1.165) is 12.8 Å². The molecule has 0 amide bonds. The molecular weight excluding hydrogens is 607 g/mol. The van der Waals surface area contributed by atoms with Gasteiger partial charge in [0, 0.05) is 0 Å². The van der Waals surface area contributed by atoms with Crippen LogP contribution < -0.4 is 24.8 Å². The topological polar surface area (TPSA) is 0 Å². The van der Waals surface area contributed by atoms with E-state index in [1.807, 2.05) is 3.28 Å². The van der Waals surface area contributed by atoms with Crippen LogP contribution in [0.15, 0.2) is 130 Å². The van der Waals surface area contributed by atoms with Crippen LogP contribution in [0.1, 0.15) is 65.9 Å². The summed E-state index contributed by atoms with van der Waals surface area (Å²) in [5.74, 6) is 0.552. The maximum absolute atomic E-state index is 2.71. The SMILES string of the molecule is CCC1=CC(CC)[C]([Zr+2](=[C](c2ccccc2)c2ccccc2)[CH]2c3ccccc3-c3ccccc32)=C1CC.[Cl-].[Cl-]. The maximum Gasteiger partial charge on any atom is -1.00 e. The van der Waals surface area contributed by atoms with Gasteiger partial charge in [0.05, 0.1) is 0 Å². The van der Waals surface area contributed by atoms with Crippen LogP contribution in [-0.4, -0.2) is 3.21 Å². The fraction of sp³-hybridized carbons (Fsp3) is 0.216. The molecule has 0 nitrogen and oxygen atoms in total. The molecule has 4 aromatic carbocycles. The Hall–Kier alpha value is -2.31. The van der Waals surface area contributed by atoms with Crippen molar-refractivity contribution in [3.63, 3.8) is 0 Å². The van der Waals surface area contributed by atoms with E-state index in [0.29, 0.717) is 9.54 Å². The Morgan fingerprint density at radius 3 is 1.52 bits per heavy atom. The molecule has 4 aromatic rings.